The fraction of sp³-hybridized carbons (Fsp3) is 0.273. The number of rotatable bonds is 8. The van der Waals surface area contributed by atoms with Gasteiger partial charge in [-0.15, -0.1) is 0 Å². The number of nitrogens with zero attached hydrogens (tertiary/aromatic N) is 2. The Morgan fingerprint density at radius 3 is 2.20 bits per heavy atom. The first-order valence-electron chi connectivity index (χ1n) is 9.70. The first-order chi connectivity index (χ1) is 14.3. The van der Waals surface area contributed by atoms with E-state index in [2.05, 4.69) is 5.32 Å². The molecule has 2 aromatic rings. The largest absolute Gasteiger partial charge is 0.491 e. The van der Waals surface area contributed by atoms with Gasteiger partial charge in [-0.2, -0.15) is 0 Å². The molecule has 8 heteroatoms. The summed E-state index contributed by atoms with van der Waals surface area (Å²) in [4.78, 5) is 37.5. The van der Waals surface area contributed by atoms with E-state index in [-0.39, 0.29) is 23.1 Å². The highest BCUT2D eigenvalue weighted by Gasteiger charge is 2.38. The van der Waals surface area contributed by atoms with Crippen molar-refractivity contribution in [3.8, 4) is 5.75 Å². The van der Waals surface area contributed by atoms with Crippen LogP contribution in [0.25, 0.3) is 5.57 Å². The highest BCUT2D eigenvalue weighted by atomic mass is 16.6. The number of nitro benzene ring substituents is 1. The van der Waals surface area contributed by atoms with Gasteiger partial charge in [-0.25, -0.2) is 0 Å². The molecular formula is C22H23N3O5. The van der Waals surface area contributed by atoms with E-state index >= 15 is 0 Å². The second-order valence-corrected chi connectivity index (χ2v) is 7.13. The molecule has 3 rings (SSSR count). The lowest BCUT2D eigenvalue weighted by Gasteiger charge is -2.14. The van der Waals surface area contributed by atoms with Crippen molar-refractivity contribution in [3.63, 3.8) is 0 Å². The Morgan fingerprint density at radius 1 is 1.03 bits per heavy atom. The second-order valence-electron chi connectivity index (χ2n) is 7.13. The summed E-state index contributed by atoms with van der Waals surface area (Å²) in [6, 6.07) is 12.7. The number of carbonyl (C=O) groups excluding carboxylic acids is 2. The number of carbonyl (C=O) groups is 2. The van der Waals surface area contributed by atoms with Crippen LogP contribution < -0.4 is 10.1 Å². The smallest absolute Gasteiger partial charge is 0.278 e. The van der Waals surface area contributed by atoms with Crippen molar-refractivity contribution in [1.82, 2.24) is 4.90 Å². The second kappa shape index (κ2) is 8.77. The zero-order valence-corrected chi connectivity index (χ0v) is 17.0. The number of ether oxygens (including phenoxy) is 1. The Labute approximate surface area is 174 Å². The van der Waals surface area contributed by atoms with Crippen LogP contribution in [0.1, 0.15) is 32.8 Å². The lowest BCUT2D eigenvalue weighted by molar-refractivity contribution is -0.384. The van der Waals surface area contributed by atoms with Gasteiger partial charge in [-0.05, 0) is 62.2 Å². The van der Waals surface area contributed by atoms with Gasteiger partial charge in [-0.1, -0.05) is 6.92 Å². The molecule has 0 saturated heterocycles. The summed E-state index contributed by atoms with van der Waals surface area (Å²) in [7, 11) is 0. The van der Waals surface area contributed by atoms with Crippen LogP contribution in [-0.2, 0) is 9.59 Å². The van der Waals surface area contributed by atoms with Gasteiger partial charge in [0.05, 0.1) is 16.6 Å². The number of non-ortho nitro benzene ring substituents is 1. The maximum Gasteiger partial charge on any atom is 0.278 e. The van der Waals surface area contributed by atoms with Crippen LogP contribution >= 0.6 is 0 Å². The Balaban J connectivity index is 1.97. The van der Waals surface area contributed by atoms with E-state index in [1.807, 2.05) is 20.8 Å². The SMILES string of the molecule is CCCN1C(=O)C(Nc2ccc(OC(C)C)cc2)=C(c2ccc([N+](=O)[O-])cc2)C1=O. The Bertz CT molecular complexity index is 994. The zero-order valence-electron chi connectivity index (χ0n) is 17.0. The van der Waals surface area contributed by atoms with Gasteiger partial charge in [0, 0.05) is 24.4 Å². The molecule has 30 heavy (non-hydrogen) atoms. The summed E-state index contributed by atoms with van der Waals surface area (Å²) < 4.78 is 5.62. The summed E-state index contributed by atoms with van der Waals surface area (Å²) in [5, 5.41) is 14.0. The zero-order chi connectivity index (χ0) is 21.8. The van der Waals surface area contributed by atoms with E-state index in [1.54, 1.807) is 24.3 Å². The molecule has 2 amide bonds. The summed E-state index contributed by atoms with van der Waals surface area (Å²) in [6.45, 7) is 6.03. The van der Waals surface area contributed by atoms with Gasteiger partial charge in [-0.3, -0.25) is 24.6 Å². The van der Waals surface area contributed by atoms with E-state index in [0.29, 0.717) is 30.0 Å². The monoisotopic (exact) mass is 409 g/mol. The van der Waals surface area contributed by atoms with Crippen LogP contribution in [0.4, 0.5) is 11.4 Å². The fourth-order valence-electron chi connectivity index (χ4n) is 3.17. The molecule has 0 spiro atoms. The number of hydrogen-bond acceptors (Lipinski definition) is 6. The highest BCUT2D eigenvalue weighted by Crippen LogP contribution is 2.32. The molecule has 0 aliphatic carbocycles. The topological polar surface area (TPSA) is 102 Å². The van der Waals surface area contributed by atoms with E-state index < -0.39 is 16.7 Å². The number of benzene rings is 2. The van der Waals surface area contributed by atoms with Crippen LogP contribution in [0.5, 0.6) is 5.75 Å². The molecule has 156 valence electrons. The molecule has 0 unspecified atom stereocenters. The molecule has 0 radical (unpaired) electrons. The molecule has 0 aromatic heterocycles. The van der Waals surface area contributed by atoms with Crippen LogP contribution in [0.3, 0.4) is 0 Å². The maximum atomic E-state index is 13.0. The molecule has 2 aromatic carbocycles. The summed E-state index contributed by atoms with van der Waals surface area (Å²) in [5.41, 5.74) is 1.34. The molecule has 0 saturated carbocycles. The van der Waals surface area contributed by atoms with Gasteiger partial charge in [0.2, 0.25) is 0 Å². The average molecular weight is 409 g/mol. The van der Waals surface area contributed by atoms with Crippen molar-refractivity contribution in [2.75, 3.05) is 11.9 Å². The van der Waals surface area contributed by atoms with Gasteiger partial charge in [0.15, 0.2) is 0 Å². The van der Waals surface area contributed by atoms with Crippen LogP contribution in [-0.4, -0.2) is 34.3 Å². The van der Waals surface area contributed by atoms with Crippen LogP contribution in [0.15, 0.2) is 54.2 Å². The Kier molecular flexibility index (Phi) is 6.15. The van der Waals surface area contributed by atoms with Crippen molar-refractivity contribution in [2.45, 2.75) is 33.3 Å². The van der Waals surface area contributed by atoms with Crippen LogP contribution in [0.2, 0.25) is 0 Å². The molecule has 8 nitrogen and oxygen atoms in total. The molecule has 1 aliphatic rings. The van der Waals surface area contributed by atoms with Crippen molar-refractivity contribution in [2.24, 2.45) is 0 Å². The van der Waals surface area contributed by atoms with Crippen molar-refractivity contribution in [1.29, 1.82) is 0 Å². The number of hydrogen-bond donors (Lipinski definition) is 1. The predicted molar refractivity (Wildman–Crippen MR) is 113 cm³/mol. The molecule has 0 fully saturated rings. The molecule has 1 N–H and O–H groups in total. The summed E-state index contributed by atoms with van der Waals surface area (Å²) in [6.07, 6.45) is 0.663. The third kappa shape index (κ3) is 4.32. The van der Waals surface area contributed by atoms with E-state index in [4.69, 9.17) is 4.74 Å². The van der Waals surface area contributed by atoms with E-state index in [9.17, 15) is 19.7 Å². The Hall–Kier alpha value is -3.68. The van der Waals surface area contributed by atoms with E-state index in [0.717, 1.165) is 0 Å². The maximum absolute atomic E-state index is 13.0. The van der Waals surface area contributed by atoms with Gasteiger partial charge in [0.1, 0.15) is 11.4 Å². The molecule has 1 heterocycles. The van der Waals surface area contributed by atoms with Crippen molar-refractivity contribution < 1.29 is 19.2 Å². The molecular weight excluding hydrogens is 386 g/mol. The number of amides is 2. The van der Waals surface area contributed by atoms with Crippen molar-refractivity contribution in [3.05, 3.63) is 69.9 Å². The third-order valence-electron chi connectivity index (χ3n) is 4.48. The number of imide groups is 1. The minimum Gasteiger partial charge on any atom is -0.491 e. The number of anilines is 1. The van der Waals surface area contributed by atoms with Gasteiger partial charge >= 0.3 is 0 Å². The third-order valence-corrected chi connectivity index (χ3v) is 4.48. The molecule has 0 bridgehead atoms. The molecule has 1 aliphatic heterocycles. The summed E-state index contributed by atoms with van der Waals surface area (Å²) in [5.74, 6) is -0.141. The first kappa shape index (κ1) is 21.0. The number of nitrogens with one attached hydrogen (secondary N) is 1. The fourth-order valence-corrected chi connectivity index (χ4v) is 3.17. The standard InChI is InChI=1S/C22H23N3O5/c1-4-13-24-21(26)19(15-5-9-17(10-6-15)25(28)29)20(22(24)27)23-16-7-11-18(12-8-16)30-14(2)3/h5-12,14,23H,4,13H2,1-3H3. The van der Waals surface area contributed by atoms with Crippen molar-refractivity contribution >= 4 is 28.8 Å². The average Bonchev–Trinajstić information content (AvgIpc) is 2.94. The minimum atomic E-state index is -0.511. The normalized spacial score (nSPS) is 13.9. The number of nitro groups is 1. The summed E-state index contributed by atoms with van der Waals surface area (Å²) >= 11 is 0. The Morgan fingerprint density at radius 2 is 1.67 bits per heavy atom. The molecule has 0 atom stereocenters. The minimum absolute atomic E-state index is 0.0388. The lowest BCUT2D eigenvalue weighted by Crippen LogP contribution is -2.33. The van der Waals surface area contributed by atoms with E-state index in [1.165, 1.54) is 29.2 Å². The predicted octanol–water partition coefficient (Wildman–Crippen LogP) is 3.98. The lowest BCUT2D eigenvalue weighted by atomic mass is 10.0. The van der Waals surface area contributed by atoms with Gasteiger partial charge < -0.3 is 10.1 Å². The quantitative estimate of drug-likeness (QED) is 0.402. The van der Waals surface area contributed by atoms with Gasteiger partial charge in [0.25, 0.3) is 17.5 Å². The first-order valence-corrected chi connectivity index (χ1v) is 9.70. The highest BCUT2D eigenvalue weighted by molar-refractivity contribution is 6.36. The van der Waals surface area contributed by atoms with Crippen LogP contribution in [0, 0.1) is 10.1 Å².